The molecule has 4 nitrogen and oxygen atoms in total. The minimum absolute atomic E-state index is 0.00719. The molecule has 1 heterocycles. The third kappa shape index (κ3) is 3.97. The summed E-state index contributed by atoms with van der Waals surface area (Å²) in [5, 5.41) is 12.2. The molecule has 1 fully saturated rings. The largest absolute Gasteiger partial charge is 0.394 e. The smallest absolute Gasteiger partial charge is 0.237 e. The van der Waals surface area contributed by atoms with E-state index in [0.29, 0.717) is 19.5 Å². The van der Waals surface area contributed by atoms with Gasteiger partial charge in [0.25, 0.3) is 0 Å². The van der Waals surface area contributed by atoms with Crippen LogP contribution >= 0.6 is 0 Å². The molecule has 0 saturated carbocycles. The molecule has 0 bridgehead atoms. The van der Waals surface area contributed by atoms with Crippen molar-refractivity contribution in [3.8, 4) is 0 Å². The highest BCUT2D eigenvalue weighted by atomic mass is 16.3. The lowest BCUT2D eigenvalue weighted by Crippen LogP contribution is -2.39. The average molecular weight is 310 g/mol. The molecule has 3 rings (SSSR count). The maximum absolute atomic E-state index is 12.3. The molecule has 4 heteroatoms. The SMILES string of the molecule is O=C1N[C@H](CO)C[C@H]1N(Cc1ccccc1)Cc1ccccc1. The molecule has 1 aliphatic rings. The number of aliphatic hydroxyl groups is 1. The molecule has 0 aliphatic carbocycles. The first-order chi connectivity index (χ1) is 11.3. The monoisotopic (exact) mass is 310 g/mol. The number of benzene rings is 2. The van der Waals surface area contributed by atoms with Crippen LogP contribution in [-0.2, 0) is 17.9 Å². The number of carbonyl (C=O) groups is 1. The Labute approximate surface area is 136 Å². The average Bonchev–Trinajstić information content (AvgIpc) is 2.97. The van der Waals surface area contributed by atoms with Gasteiger partial charge < -0.3 is 10.4 Å². The Hall–Kier alpha value is -2.17. The van der Waals surface area contributed by atoms with Crippen molar-refractivity contribution in [2.24, 2.45) is 0 Å². The van der Waals surface area contributed by atoms with Crippen molar-refractivity contribution in [1.82, 2.24) is 10.2 Å². The van der Waals surface area contributed by atoms with Crippen molar-refractivity contribution in [2.75, 3.05) is 6.61 Å². The molecular weight excluding hydrogens is 288 g/mol. The Balaban J connectivity index is 1.79. The van der Waals surface area contributed by atoms with Crippen LogP contribution in [0, 0.1) is 0 Å². The van der Waals surface area contributed by atoms with Crippen LogP contribution in [0.4, 0.5) is 0 Å². The molecule has 1 aliphatic heterocycles. The lowest BCUT2D eigenvalue weighted by Gasteiger charge is -2.27. The third-order valence-electron chi connectivity index (χ3n) is 4.27. The van der Waals surface area contributed by atoms with Crippen molar-refractivity contribution < 1.29 is 9.90 Å². The lowest BCUT2D eigenvalue weighted by molar-refractivity contribution is -0.124. The summed E-state index contributed by atoms with van der Waals surface area (Å²) in [6, 6.07) is 20.0. The minimum atomic E-state index is -0.201. The van der Waals surface area contributed by atoms with Crippen LogP contribution in [0.5, 0.6) is 0 Å². The Morgan fingerprint density at radius 2 is 1.48 bits per heavy atom. The molecular formula is C19H22N2O2. The minimum Gasteiger partial charge on any atom is -0.394 e. The summed E-state index contributed by atoms with van der Waals surface area (Å²) in [5.41, 5.74) is 2.37. The highest BCUT2D eigenvalue weighted by Gasteiger charge is 2.35. The first-order valence-corrected chi connectivity index (χ1v) is 7.99. The van der Waals surface area contributed by atoms with Gasteiger partial charge >= 0.3 is 0 Å². The molecule has 2 atom stereocenters. The van der Waals surface area contributed by atoms with Gasteiger partial charge in [0.1, 0.15) is 0 Å². The van der Waals surface area contributed by atoms with Gasteiger partial charge in [-0.15, -0.1) is 0 Å². The molecule has 23 heavy (non-hydrogen) atoms. The number of aliphatic hydroxyl groups excluding tert-OH is 1. The van der Waals surface area contributed by atoms with Gasteiger partial charge in [-0.05, 0) is 17.5 Å². The first kappa shape index (κ1) is 15.7. The summed E-state index contributed by atoms with van der Waals surface area (Å²) in [4.78, 5) is 14.5. The third-order valence-corrected chi connectivity index (χ3v) is 4.27. The fourth-order valence-corrected chi connectivity index (χ4v) is 3.08. The number of amides is 1. The highest BCUT2D eigenvalue weighted by Crippen LogP contribution is 2.20. The van der Waals surface area contributed by atoms with E-state index in [1.807, 2.05) is 36.4 Å². The molecule has 0 radical (unpaired) electrons. The molecule has 2 N–H and O–H groups in total. The Morgan fingerprint density at radius 3 is 1.91 bits per heavy atom. The Morgan fingerprint density at radius 1 is 0.957 bits per heavy atom. The van der Waals surface area contributed by atoms with Crippen LogP contribution in [0.25, 0.3) is 0 Å². The van der Waals surface area contributed by atoms with Crippen LogP contribution < -0.4 is 5.32 Å². The molecule has 0 unspecified atom stereocenters. The summed E-state index contributed by atoms with van der Waals surface area (Å²) in [6.07, 6.45) is 0.648. The van der Waals surface area contributed by atoms with E-state index in [0.717, 1.165) is 0 Å². The Kier molecular flexibility index (Phi) is 5.05. The van der Waals surface area contributed by atoms with Crippen molar-refractivity contribution >= 4 is 5.91 Å². The van der Waals surface area contributed by atoms with Gasteiger partial charge in [-0.2, -0.15) is 0 Å². The first-order valence-electron chi connectivity index (χ1n) is 7.99. The second kappa shape index (κ2) is 7.40. The van der Waals surface area contributed by atoms with E-state index >= 15 is 0 Å². The van der Waals surface area contributed by atoms with Gasteiger partial charge in [-0.25, -0.2) is 0 Å². The topological polar surface area (TPSA) is 52.6 Å². The summed E-state index contributed by atoms with van der Waals surface area (Å²) < 4.78 is 0. The van der Waals surface area contributed by atoms with Crippen molar-refractivity contribution in [3.05, 3.63) is 71.8 Å². The van der Waals surface area contributed by atoms with Crippen LogP contribution in [0.1, 0.15) is 17.5 Å². The Bertz CT molecular complexity index is 589. The number of nitrogens with zero attached hydrogens (tertiary/aromatic N) is 1. The molecule has 120 valence electrons. The number of rotatable bonds is 6. The number of hydrogen-bond acceptors (Lipinski definition) is 3. The van der Waals surface area contributed by atoms with Gasteiger partial charge in [-0.3, -0.25) is 9.69 Å². The second-order valence-electron chi connectivity index (χ2n) is 6.02. The van der Waals surface area contributed by atoms with Gasteiger partial charge in [0, 0.05) is 13.1 Å². The predicted molar refractivity (Wildman–Crippen MR) is 89.6 cm³/mol. The molecule has 0 spiro atoms. The second-order valence-corrected chi connectivity index (χ2v) is 6.02. The zero-order valence-electron chi connectivity index (χ0n) is 13.1. The van der Waals surface area contributed by atoms with Crippen LogP contribution in [0.15, 0.2) is 60.7 Å². The van der Waals surface area contributed by atoms with E-state index in [1.165, 1.54) is 11.1 Å². The zero-order valence-corrected chi connectivity index (χ0v) is 13.1. The molecule has 0 aromatic heterocycles. The fourth-order valence-electron chi connectivity index (χ4n) is 3.08. The summed E-state index contributed by atoms with van der Waals surface area (Å²) in [6.45, 7) is 1.42. The van der Waals surface area contributed by atoms with E-state index in [4.69, 9.17) is 0 Å². The van der Waals surface area contributed by atoms with Gasteiger partial charge in [-0.1, -0.05) is 60.7 Å². The van der Waals surface area contributed by atoms with Crippen molar-refractivity contribution in [3.63, 3.8) is 0 Å². The van der Waals surface area contributed by atoms with Gasteiger partial charge in [0.05, 0.1) is 18.7 Å². The molecule has 2 aromatic carbocycles. The number of hydrogen-bond donors (Lipinski definition) is 2. The van der Waals surface area contributed by atoms with Crippen molar-refractivity contribution in [2.45, 2.75) is 31.6 Å². The standard InChI is InChI=1S/C19H22N2O2/c22-14-17-11-18(19(23)20-17)21(12-15-7-3-1-4-8-15)13-16-9-5-2-6-10-16/h1-10,17-18,22H,11-14H2,(H,20,23)/t17-,18+/m0/s1. The maximum atomic E-state index is 12.3. The maximum Gasteiger partial charge on any atom is 0.237 e. The van der Waals surface area contributed by atoms with Gasteiger partial charge in [0.2, 0.25) is 5.91 Å². The number of nitrogens with one attached hydrogen (secondary N) is 1. The van der Waals surface area contributed by atoms with E-state index in [1.54, 1.807) is 0 Å². The van der Waals surface area contributed by atoms with Crippen LogP contribution in [0.3, 0.4) is 0 Å². The fraction of sp³-hybridized carbons (Fsp3) is 0.316. The summed E-state index contributed by atoms with van der Waals surface area (Å²) >= 11 is 0. The number of carbonyl (C=O) groups excluding carboxylic acids is 1. The van der Waals surface area contributed by atoms with E-state index < -0.39 is 0 Å². The zero-order chi connectivity index (χ0) is 16.1. The summed E-state index contributed by atoms with van der Waals surface area (Å²) in [7, 11) is 0. The molecule has 1 saturated heterocycles. The van der Waals surface area contributed by atoms with E-state index in [-0.39, 0.29) is 24.6 Å². The van der Waals surface area contributed by atoms with Crippen molar-refractivity contribution in [1.29, 1.82) is 0 Å². The molecule has 1 amide bonds. The lowest BCUT2D eigenvalue weighted by atomic mass is 10.1. The van der Waals surface area contributed by atoms with E-state index in [9.17, 15) is 9.90 Å². The highest BCUT2D eigenvalue weighted by molar-refractivity contribution is 5.84. The normalized spacial score (nSPS) is 20.7. The predicted octanol–water partition coefficient (Wildman–Crippen LogP) is 1.94. The summed E-state index contributed by atoms with van der Waals surface area (Å²) in [5.74, 6) is 0.0101. The van der Waals surface area contributed by atoms with Gasteiger partial charge in [0.15, 0.2) is 0 Å². The molecule has 2 aromatic rings. The quantitative estimate of drug-likeness (QED) is 0.857. The van der Waals surface area contributed by atoms with Crippen LogP contribution in [0.2, 0.25) is 0 Å². The van der Waals surface area contributed by atoms with E-state index in [2.05, 4.69) is 34.5 Å². The van der Waals surface area contributed by atoms with Crippen LogP contribution in [-0.4, -0.2) is 34.6 Å².